The minimum atomic E-state index is -0.867. The SMILES string of the molecule is CC[C@@H](CC(=O)N1CCC(C)C(C(=O)O)C1)NC(=O)OCC1c2ccccc2-c2ccccc21. The minimum Gasteiger partial charge on any atom is -0.481 e. The van der Waals surface area contributed by atoms with Crippen LogP contribution >= 0.6 is 0 Å². The van der Waals surface area contributed by atoms with Gasteiger partial charge >= 0.3 is 12.1 Å². The number of nitrogens with one attached hydrogen (secondary N) is 1. The zero-order chi connectivity index (χ0) is 24.2. The Hall–Kier alpha value is -3.35. The molecule has 1 saturated heterocycles. The fourth-order valence-corrected chi connectivity index (χ4v) is 5.06. The predicted molar refractivity (Wildman–Crippen MR) is 128 cm³/mol. The van der Waals surface area contributed by atoms with Crippen molar-refractivity contribution in [1.29, 1.82) is 0 Å². The van der Waals surface area contributed by atoms with Crippen molar-refractivity contribution in [3.8, 4) is 11.1 Å². The van der Waals surface area contributed by atoms with Gasteiger partial charge in [-0.2, -0.15) is 0 Å². The summed E-state index contributed by atoms with van der Waals surface area (Å²) in [6.07, 6.45) is 0.820. The van der Waals surface area contributed by atoms with Crippen LogP contribution in [-0.4, -0.2) is 53.7 Å². The Bertz CT molecular complexity index is 1020. The molecule has 0 bridgehead atoms. The average molecular weight is 465 g/mol. The van der Waals surface area contributed by atoms with Crippen LogP contribution in [0.25, 0.3) is 11.1 Å². The maximum absolute atomic E-state index is 12.8. The highest BCUT2D eigenvalue weighted by Crippen LogP contribution is 2.44. The van der Waals surface area contributed by atoms with Crippen molar-refractivity contribution >= 4 is 18.0 Å². The summed E-state index contributed by atoms with van der Waals surface area (Å²) in [6.45, 7) is 4.80. The molecule has 2 aromatic carbocycles. The standard InChI is InChI=1S/C27H32N2O5/c1-3-18(14-25(30)29-13-12-17(2)23(15-29)26(31)32)28-27(33)34-16-24-21-10-6-4-8-19(21)20-9-5-7-11-22(20)24/h4-11,17-18,23-24H,3,12-16H2,1-2H3,(H,28,33)(H,31,32)/t17?,18-,23?/m0/s1. The smallest absolute Gasteiger partial charge is 0.407 e. The van der Waals surface area contributed by atoms with Gasteiger partial charge in [-0.05, 0) is 41.0 Å². The molecular weight excluding hydrogens is 432 g/mol. The summed E-state index contributed by atoms with van der Waals surface area (Å²) in [5.41, 5.74) is 4.62. The zero-order valence-electron chi connectivity index (χ0n) is 19.7. The van der Waals surface area contributed by atoms with Crippen molar-refractivity contribution in [2.24, 2.45) is 11.8 Å². The van der Waals surface area contributed by atoms with Gasteiger partial charge in [0.05, 0.1) is 5.92 Å². The van der Waals surface area contributed by atoms with Crippen molar-refractivity contribution in [2.45, 2.75) is 45.1 Å². The summed E-state index contributed by atoms with van der Waals surface area (Å²) in [5, 5.41) is 12.2. The number of alkyl carbamates (subject to hydrolysis) is 1. The van der Waals surface area contributed by atoms with Gasteiger partial charge in [0.25, 0.3) is 0 Å². The number of hydrogen-bond acceptors (Lipinski definition) is 4. The third-order valence-corrected chi connectivity index (χ3v) is 7.21. The van der Waals surface area contributed by atoms with Crippen molar-refractivity contribution in [1.82, 2.24) is 10.2 Å². The molecule has 7 heteroatoms. The van der Waals surface area contributed by atoms with Crippen LogP contribution in [0.1, 0.15) is 50.2 Å². The van der Waals surface area contributed by atoms with E-state index in [1.54, 1.807) is 4.90 Å². The second-order valence-corrected chi connectivity index (χ2v) is 9.33. The van der Waals surface area contributed by atoms with Gasteiger partial charge in [0, 0.05) is 31.5 Å². The molecule has 2 unspecified atom stereocenters. The summed E-state index contributed by atoms with van der Waals surface area (Å²) in [4.78, 5) is 38.5. The molecule has 0 radical (unpaired) electrons. The van der Waals surface area contributed by atoms with Crippen LogP contribution in [0.5, 0.6) is 0 Å². The topological polar surface area (TPSA) is 95.9 Å². The summed E-state index contributed by atoms with van der Waals surface area (Å²) >= 11 is 0. The second-order valence-electron chi connectivity index (χ2n) is 9.33. The monoisotopic (exact) mass is 464 g/mol. The number of piperidine rings is 1. The first-order chi connectivity index (χ1) is 16.4. The Kier molecular flexibility index (Phi) is 7.20. The van der Waals surface area contributed by atoms with Crippen LogP contribution < -0.4 is 5.32 Å². The number of ether oxygens (including phenoxy) is 1. The first-order valence-corrected chi connectivity index (χ1v) is 12.0. The van der Waals surface area contributed by atoms with Crippen LogP contribution in [0.4, 0.5) is 4.79 Å². The van der Waals surface area contributed by atoms with Gasteiger partial charge < -0.3 is 20.1 Å². The van der Waals surface area contributed by atoms with E-state index in [2.05, 4.69) is 29.6 Å². The second kappa shape index (κ2) is 10.3. The quantitative estimate of drug-likeness (QED) is 0.638. The molecule has 1 aliphatic carbocycles. The summed E-state index contributed by atoms with van der Waals surface area (Å²) in [5.74, 6) is -1.53. The molecule has 2 aromatic rings. The Morgan fingerprint density at radius 3 is 2.29 bits per heavy atom. The molecule has 0 saturated carbocycles. The summed E-state index contributed by atoms with van der Waals surface area (Å²) < 4.78 is 5.61. The molecule has 0 aromatic heterocycles. The van der Waals surface area contributed by atoms with Crippen molar-refractivity contribution < 1.29 is 24.2 Å². The number of amides is 2. The van der Waals surface area contributed by atoms with E-state index in [1.165, 1.54) is 11.1 Å². The lowest BCUT2D eigenvalue weighted by Crippen LogP contribution is -2.48. The van der Waals surface area contributed by atoms with Crippen LogP contribution in [0.2, 0.25) is 0 Å². The van der Waals surface area contributed by atoms with E-state index >= 15 is 0 Å². The molecule has 3 atom stereocenters. The van der Waals surface area contributed by atoms with Gasteiger partial charge in [0.15, 0.2) is 0 Å². The molecule has 4 rings (SSSR count). The van der Waals surface area contributed by atoms with E-state index in [4.69, 9.17) is 4.74 Å². The van der Waals surface area contributed by atoms with Crippen LogP contribution in [-0.2, 0) is 14.3 Å². The molecule has 2 amide bonds. The molecule has 1 heterocycles. The molecule has 7 nitrogen and oxygen atoms in total. The Morgan fingerprint density at radius 2 is 1.71 bits per heavy atom. The number of hydrogen-bond donors (Lipinski definition) is 2. The summed E-state index contributed by atoms with van der Waals surface area (Å²) in [6, 6.07) is 15.9. The number of rotatable bonds is 7. The Morgan fingerprint density at radius 1 is 1.09 bits per heavy atom. The van der Waals surface area contributed by atoms with Gasteiger partial charge in [-0.25, -0.2) is 4.79 Å². The lowest BCUT2D eigenvalue weighted by Gasteiger charge is -2.35. The highest BCUT2D eigenvalue weighted by atomic mass is 16.5. The van der Waals surface area contributed by atoms with Crippen molar-refractivity contribution in [2.75, 3.05) is 19.7 Å². The van der Waals surface area contributed by atoms with Crippen molar-refractivity contribution in [3.05, 3.63) is 59.7 Å². The predicted octanol–water partition coefficient (Wildman–Crippen LogP) is 4.26. The first kappa shape index (κ1) is 23.8. The molecular formula is C27H32N2O5. The van der Waals surface area contributed by atoms with E-state index in [-0.39, 0.29) is 43.4 Å². The zero-order valence-corrected chi connectivity index (χ0v) is 19.7. The molecule has 180 valence electrons. The molecule has 2 aliphatic rings. The Labute approximate surface area is 200 Å². The number of fused-ring (bicyclic) bond motifs is 3. The molecule has 1 aliphatic heterocycles. The normalized spacial score (nSPS) is 20.2. The molecule has 34 heavy (non-hydrogen) atoms. The van der Waals surface area contributed by atoms with Gasteiger partial charge in [-0.3, -0.25) is 9.59 Å². The number of likely N-dealkylation sites (tertiary alicyclic amines) is 1. The number of aliphatic carboxylic acids is 1. The third-order valence-electron chi connectivity index (χ3n) is 7.21. The Balaban J connectivity index is 1.33. The van der Waals surface area contributed by atoms with E-state index in [0.717, 1.165) is 11.1 Å². The van der Waals surface area contributed by atoms with Gasteiger partial charge in [-0.15, -0.1) is 0 Å². The molecule has 1 fully saturated rings. The highest BCUT2D eigenvalue weighted by molar-refractivity contribution is 5.80. The number of carboxylic acids is 1. The van der Waals surface area contributed by atoms with E-state index in [9.17, 15) is 19.5 Å². The van der Waals surface area contributed by atoms with Gasteiger partial charge in [0.2, 0.25) is 5.91 Å². The number of carbonyl (C=O) groups is 3. The highest BCUT2D eigenvalue weighted by Gasteiger charge is 2.34. The maximum Gasteiger partial charge on any atom is 0.407 e. The lowest BCUT2D eigenvalue weighted by molar-refractivity contribution is -0.148. The van der Waals surface area contributed by atoms with Crippen molar-refractivity contribution in [3.63, 3.8) is 0 Å². The van der Waals surface area contributed by atoms with Crippen LogP contribution in [0.15, 0.2) is 48.5 Å². The number of nitrogens with zero attached hydrogens (tertiary/aromatic N) is 1. The molecule has 2 N–H and O–H groups in total. The number of carboxylic acid groups (broad SMARTS) is 1. The van der Waals surface area contributed by atoms with E-state index in [1.807, 2.05) is 38.1 Å². The number of carbonyl (C=O) groups excluding carboxylic acids is 2. The fourth-order valence-electron chi connectivity index (χ4n) is 5.06. The van der Waals surface area contributed by atoms with E-state index < -0.39 is 18.0 Å². The van der Waals surface area contributed by atoms with Gasteiger partial charge in [0.1, 0.15) is 6.61 Å². The van der Waals surface area contributed by atoms with Crippen LogP contribution in [0, 0.1) is 11.8 Å². The maximum atomic E-state index is 12.8. The first-order valence-electron chi connectivity index (χ1n) is 12.0. The van der Waals surface area contributed by atoms with E-state index in [0.29, 0.717) is 19.4 Å². The average Bonchev–Trinajstić information content (AvgIpc) is 3.16. The third kappa shape index (κ3) is 4.93. The minimum absolute atomic E-state index is 0.0249. The lowest BCUT2D eigenvalue weighted by atomic mass is 9.87. The van der Waals surface area contributed by atoms with Crippen LogP contribution in [0.3, 0.4) is 0 Å². The fraction of sp³-hybridized carbons (Fsp3) is 0.444. The largest absolute Gasteiger partial charge is 0.481 e. The number of benzene rings is 2. The summed E-state index contributed by atoms with van der Waals surface area (Å²) in [7, 11) is 0. The van der Waals surface area contributed by atoms with Gasteiger partial charge in [-0.1, -0.05) is 62.4 Å². The molecule has 0 spiro atoms.